The van der Waals surface area contributed by atoms with Crippen LogP contribution < -0.4 is 0 Å². The van der Waals surface area contributed by atoms with Crippen molar-refractivity contribution >= 4 is 6.85 Å². The second-order valence-electron chi connectivity index (χ2n) is 3.19. The van der Waals surface area contributed by atoms with Crippen molar-refractivity contribution in [3.63, 3.8) is 0 Å². The van der Waals surface area contributed by atoms with Gasteiger partial charge in [0.2, 0.25) is 6.85 Å². The molecule has 0 aliphatic carbocycles. The lowest BCUT2D eigenvalue weighted by Gasteiger charge is -2.31. The Morgan fingerprint density at radius 2 is 2.10 bits per heavy atom. The van der Waals surface area contributed by atoms with Crippen LogP contribution in [0.25, 0.3) is 0 Å². The maximum atomic E-state index is 2.61. The average molecular weight is 139 g/mol. The van der Waals surface area contributed by atoms with Crippen LogP contribution >= 0.6 is 0 Å². The summed E-state index contributed by atoms with van der Waals surface area (Å²) in [6.45, 7) is 8.07. The van der Waals surface area contributed by atoms with E-state index in [2.05, 4.69) is 18.7 Å². The largest absolute Gasteiger partial charge is 0.342 e. The highest BCUT2D eigenvalue weighted by Crippen LogP contribution is 2.16. The first-order valence-electron chi connectivity index (χ1n) is 4.62. The molecule has 0 aromatic carbocycles. The van der Waals surface area contributed by atoms with Gasteiger partial charge in [-0.3, -0.25) is 0 Å². The molecule has 0 unspecified atom stereocenters. The Hall–Kier alpha value is 0.0249. The SMILES string of the molecule is CCB1CCCCN1CC. The molecule has 58 valence electrons. The minimum absolute atomic E-state index is 0.902. The second-order valence-corrected chi connectivity index (χ2v) is 3.19. The third-order valence-electron chi connectivity index (χ3n) is 2.63. The predicted octanol–water partition coefficient (Wildman–Crippen LogP) is 2.11. The number of rotatable bonds is 2. The van der Waals surface area contributed by atoms with Gasteiger partial charge in [-0.2, -0.15) is 0 Å². The van der Waals surface area contributed by atoms with Gasteiger partial charge in [0.25, 0.3) is 0 Å². The van der Waals surface area contributed by atoms with Crippen LogP contribution in [0.2, 0.25) is 12.6 Å². The van der Waals surface area contributed by atoms with Crippen LogP contribution in [0.5, 0.6) is 0 Å². The van der Waals surface area contributed by atoms with Gasteiger partial charge >= 0.3 is 0 Å². The normalized spacial score (nSPS) is 21.6. The van der Waals surface area contributed by atoms with E-state index in [4.69, 9.17) is 0 Å². The van der Waals surface area contributed by atoms with E-state index in [1.165, 1.54) is 38.6 Å². The average Bonchev–Trinajstić information content (AvgIpc) is 2.04. The van der Waals surface area contributed by atoms with Crippen LogP contribution in [-0.4, -0.2) is 24.7 Å². The molecule has 0 amide bonds. The monoisotopic (exact) mass is 139 g/mol. The van der Waals surface area contributed by atoms with Gasteiger partial charge in [0.05, 0.1) is 0 Å². The lowest BCUT2D eigenvalue weighted by atomic mass is 9.52. The van der Waals surface area contributed by atoms with Gasteiger partial charge in [0, 0.05) is 0 Å². The zero-order valence-electron chi connectivity index (χ0n) is 7.27. The minimum Gasteiger partial charge on any atom is -0.342 e. The molecule has 1 heterocycles. The first-order valence-corrected chi connectivity index (χ1v) is 4.62. The topological polar surface area (TPSA) is 3.24 Å². The lowest BCUT2D eigenvalue weighted by molar-refractivity contribution is 0.411. The van der Waals surface area contributed by atoms with Crippen LogP contribution in [0.4, 0.5) is 0 Å². The quantitative estimate of drug-likeness (QED) is 0.529. The van der Waals surface area contributed by atoms with Gasteiger partial charge in [-0.15, -0.1) is 0 Å². The molecule has 0 aromatic rings. The number of hydrogen-bond acceptors (Lipinski definition) is 1. The molecule has 0 saturated carbocycles. The molecule has 1 saturated heterocycles. The zero-order valence-corrected chi connectivity index (χ0v) is 7.27. The Morgan fingerprint density at radius 3 is 2.60 bits per heavy atom. The van der Waals surface area contributed by atoms with E-state index in [9.17, 15) is 0 Å². The smallest absolute Gasteiger partial charge is 0.222 e. The van der Waals surface area contributed by atoms with Gasteiger partial charge in [-0.25, -0.2) is 0 Å². The first kappa shape index (κ1) is 8.12. The molecule has 1 nitrogen and oxygen atoms in total. The highest BCUT2D eigenvalue weighted by Gasteiger charge is 2.22. The van der Waals surface area contributed by atoms with Gasteiger partial charge in [0.15, 0.2) is 0 Å². The molecule has 0 atom stereocenters. The maximum absolute atomic E-state index is 2.61. The molecule has 0 radical (unpaired) electrons. The second kappa shape index (κ2) is 4.02. The summed E-state index contributed by atoms with van der Waals surface area (Å²) in [7, 11) is 0. The molecule has 0 spiro atoms. The Morgan fingerprint density at radius 1 is 1.30 bits per heavy atom. The van der Waals surface area contributed by atoms with Crippen molar-refractivity contribution in [1.82, 2.24) is 4.81 Å². The van der Waals surface area contributed by atoms with Gasteiger partial charge in [0.1, 0.15) is 0 Å². The number of hydrogen-bond donors (Lipinski definition) is 0. The molecule has 1 rings (SSSR count). The summed E-state index contributed by atoms with van der Waals surface area (Å²) in [4.78, 5) is 2.61. The minimum atomic E-state index is 0.902. The summed E-state index contributed by atoms with van der Waals surface area (Å²) < 4.78 is 0. The van der Waals surface area contributed by atoms with E-state index in [0.29, 0.717) is 0 Å². The standard InChI is InChI=1S/C8H18BN/c1-3-9-7-5-6-8-10(9)4-2/h3-8H2,1-2H3. The molecule has 1 aliphatic heterocycles. The van der Waals surface area contributed by atoms with Crippen molar-refractivity contribution in [2.75, 3.05) is 13.1 Å². The third-order valence-corrected chi connectivity index (χ3v) is 2.63. The lowest BCUT2D eigenvalue weighted by Crippen LogP contribution is -2.42. The van der Waals surface area contributed by atoms with Crippen molar-refractivity contribution in [2.45, 2.75) is 39.3 Å². The van der Waals surface area contributed by atoms with Crippen molar-refractivity contribution in [1.29, 1.82) is 0 Å². The summed E-state index contributed by atoms with van der Waals surface area (Å²) in [6.07, 6.45) is 5.65. The fourth-order valence-corrected chi connectivity index (χ4v) is 1.94. The molecule has 10 heavy (non-hydrogen) atoms. The van der Waals surface area contributed by atoms with Crippen molar-refractivity contribution in [3.8, 4) is 0 Å². The number of nitrogens with zero attached hydrogens (tertiary/aromatic N) is 1. The van der Waals surface area contributed by atoms with Crippen LogP contribution in [0, 0.1) is 0 Å². The fourth-order valence-electron chi connectivity index (χ4n) is 1.94. The highest BCUT2D eigenvalue weighted by molar-refractivity contribution is 6.55. The van der Waals surface area contributed by atoms with Crippen LogP contribution in [0.15, 0.2) is 0 Å². The molecule has 0 N–H and O–H groups in total. The molecule has 1 fully saturated rings. The Kier molecular flexibility index (Phi) is 3.27. The first-order chi connectivity index (χ1) is 4.88. The molecule has 0 bridgehead atoms. The van der Waals surface area contributed by atoms with Crippen LogP contribution in [-0.2, 0) is 0 Å². The summed E-state index contributed by atoms with van der Waals surface area (Å²) in [5.74, 6) is 0. The van der Waals surface area contributed by atoms with Crippen molar-refractivity contribution in [3.05, 3.63) is 0 Å². The predicted molar refractivity (Wildman–Crippen MR) is 47.5 cm³/mol. The highest BCUT2D eigenvalue weighted by atomic mass is 15.1. The Labute approximate surface area is 64.9 Å². The van der Waals surface area contributed by atoms with Gasteiger partial charge < -0.3 is 4.81 Å². The van der Waals surface area contributed by atoms with Crippen molar-refractivity contribution in [2.24, 2.45) is 0 Å². The zero-order chi connectivity index (χ0) is 7.40. The Bertz CT molecular complexity index is 83.3. The maximum Gasteiger partial charge on any atom is 0.222 e. The molecule has 2 heteroatoms. The van der Waals surface area contributed by atoms with Gasteiger partial charge in [-0.1, -0.05) is 32.9 Å². The van der Waals surface area contributed by atoms with Gasteiger partial charge in [-0.05, 0) is 19.5 Å². The summed E-state index contributed by atoms with van der Waals surface area (Å²) in [5, 5.41) is 0. The molecule has 0 aromatic heterocycles. The van der Waals surface area contributed by atoms with E-state index in [1.807, 2.05) is 0 Å². The summed E-state index contributed by atoms with van der Waals surface area (Å²) in [6, 6.07) is 0. The van der Waals surface area contributed by atoms with E-state index in [0.717, 1.165) is 6.85 Å². The summed E-state index contributed by atoms with van der Waals surface area (Å²) >= 11 is 0. The molecular weight excluding hydrogens is 121 g/mol. The van der Waals surface area contributed by atoms with Crippen molar-refractivity contribution < 1.29 is 0 Å². The molecular formula is C8H18BN. The third kappa shape index (κ3) is 1.75. The van der Waals surface area contributed by atoms with E-state index in [-0.39, 0.29) is 0 Å². The van der Waals surface area contributed by atoms with E-state index >= 15 is 0 Å². The summed E-state index contributed by atoms with van der Waals surface area (Å²) in [5.41, 5.74) is 0. The van der Waals surface area contributed by atoms with Crippen LogP contribution in [0.3, 0.4) is 0 Å². The van der Waals surface area contributed by atoms with E-state index < -0.39 is 0 Å². The van der Waals surface area contributed by atoms with Crippen LogP contribution in [0.1, 0.15) is 26.7 Å². The van der Waals surface area contributed by atoms with E-state index in [1.54, 1.807) is 0 Å². The fraction of sp³-hybridized carbons (Fsp3) is 1.00. The molecule has 1 aliphatic rings. The Balaban J connectivity index is 2.34.